The molecular weight excluding hydrogens is 238 g/mol. The number of nitrogens with zero attached hydrogens (tertiary/aromatic N) is 2. The SMILES string of the molecule is CN=C(NCC1CC1C)N1CC2C3CCC(O3)C2C1. The molecule has 3 aliphatic heterocycles. The van der Waals surface area contributed by atoms with Gasteiger partial charge in [-0.3, -0.25) is 4.99 Å². The van der Waals surface area contributed by atoms with Crippen molar-refractivity contribution in [2.24, 2.45) is 28.7 Å². The molecule has 3 heterocycles. The Morgan fingerprint density at radius 2 is 1.89 bits per heavy atom. The van der Waals surface area contributed by atoms with Crippen LogP contribution in [0.4, 0.5) is 0 Å². The molecule has 1 N–H and O–H groups in total. The number of rotatable bonds is 2. The standard InChI is InChI=1S/C15H25N3O/c1-9-5-10(9)6-17-15(16-2)18-7-11-12(8-18)14-4-3-13(11)19-14/h9-14H,3-8H2,1-2H3,(H,16,17). The molecule has 4 aliphatic rings. The van der Waals surface area contributed by atoms with E-state index >= 15 is 0 Å². The van der Waals surface area contributed by atoms with Crippen LogP contribution in [0.5, 0.6) is 0 Å². The predicted molar refractivity (Wildman–Crippen MR) is 75.1 cm³/mol. The zero-order valence-electron chi connectivity index (χ0n) is 12.0. The van der Waals surface area contributed by atoms with Crippen LogP contribution in [0.25, 0.3) is 0 Å². The lowest BCUT2D eigenvalue weighted by atomic mass is 9.82. The molecule has 3 saturated heterocycles. The summed E-state index contributed by atoms with van der Waals surface area (Å²) in [5.41, 5.74) is 0. The molecular formula is C15H25N3O. The zero-order chi connectivity index (χ0) is 13.0. The number of nitrogens with one attached hydrogen (secondary N) is 1. The largest absolute Gasteiger partial charge is 0.374 e. The van der Waals surface area contributed by atoms with Gasteiger partial charge in [-0.1, -0.05) is 6.92 Å². The van der Waals surface area contributed by atoms with Gasteiger partial charge in [0.05, 0.1) is 12.2 Å². The molecule has 0 amide bonds. The van der Waals surface area contributed by atoms with Gasteiger partial charge in [0.2, 0.25) is 0 Å². The lowest BCUT2D eigenvalue weighted by Gasteiger charge is -2.23. The minimum Gasteiger partial charge on any atom is -0.374 e. The number of aliphatic imine (C=N–C) groups is 1. The van der Waals surface area contributed by atoms with E-state index in [9.17, 15) is 0 Å². The molecule has 0 spiro atoms. The third-order valence-electron chi connectivity index (χ3n) is 5.76. The number of fused-ring (bicyclic) bond motifs is 5. The quantitative estimate of drug-likeness (QED) is 0.603. The van der Waals surface area contributed by atoms with Crippen LogP contribution >= 0.6 is 0 Å². The highest BCUT2D eigenvalue weighted by atomic mass is 16.5. The Morgan fingerprint density at radius 1 is 1.26 bits per heavy atom. The van der Waals surface area contributed by atoms with Crippen LogP contribution in [-0.4, -0.2) is 49.7 Å². The normalized spacial score (nSPS) is 47.7. The summed E-state index contributed by atoms with van der Waals surface area (Å²) in [7, 11) is 1.91. The summed E-state index contributed by atoms with van der Waals surface area (Å²) in [4.78, 5) is 6.95. The lowest BCUT2D eigenvalue weighted by molar-refractivity contribution is 0.0767. The van der Waals surface area contributed by atoms with Crippen molar-refractivity contribution in [3.8, 4) is 0 Å². The van der Waals surface area contributed by atoms with E-state index in [1.165, 1.54) is 19.3 Å². The Hall–Kier alpha value is -0.770. The molecule has 4 heteroatoms. The minimum absolute atomic E-state index is 0.543. The van der Waals surface area contributed by atoms with Crippen LogP contribution in [0.2, 0.25) is 0 Å². The summed E-state index contributed by atoms with van der Waals surface area (Å²) >= 11 is 0. The molecule has 0 aromatic carbocycles. The van der Waals surface area contributed by atoms with E-state index in [4.69, 9.17) is 4.74 Å². The average Bonchev–Trinajstić information content (AvgIpc) is 2.85. The van der Waals surface area contributed by atoms with Crippen molar-refractivity contribution >= 4 is 5.96 Å². The van der Waals surface area contributed by atoms with Crippen molar-refractivity contribution in [2.45, 2.75) is 38.4 Å². The molecule has 6 atom stereocenters. The summed E-state index contributed by atoms with van der Waals surface area (Å²) in [6.07, 6.45) is 5.03. The van der Waals surface area contributed by atoms with Crippen molar-refractivity contribution in [1.29, 1.82) is 0 Å². The van der Waals surface area contributed by atoms with Crippen LogP contribution in [0.3, 0.4) is 0 Å². The molecule has 4 rings (SSSR count). The second kappa shape index (κ2) is 4.37. The Kier molecular flexibility index (Phi) is 2.76. The second-order valence-electron chi connectivity index (χ2n) is 6.92. The first-order valence-electron chi connectivity index (χ1n) is 7.87. The fourth-order valence-corrected chi connectivity index (χ4v) is 4.37. The van der Waals surface area contributed by atoms with Gasteiger partial charge in [-0.05, 0) is 31.1 Å². The molecule has 19 heavy (non-hydrogen) atoms. The first kappa shape index (κ1) is 12.0. The monoisotopic (exact) mass is 263 g/mol. The van der Waals surface area contributed by atoms with Crippen molar-refractivity contribution in [3.63, 3.8) is 0 Å². The van der Waals surface area contributed by atoms with Crippen LogP contribution in [0.1, 0.15) is 26.2 Å². The smallest absolute Gasteiger partial charge is 0.193 e. The van der Waals surface area contributed by atoms with E-state index < -0.39 is 0 Å². The number of ether oxygens (including phenoxy) is 1. The first-order valence-corrected chi connectivity index (χ1v) is 7.87. The molecule has 6 unspecified atom stereocenters. The number of hydrogen-bond donors (Lipinski definition) is 1. The zero-order valence-corrected chi connectivity index (χ0v) is 12.0. The molecule has 106 valence electrons. The molecule has 2 bridgehead atoms. The highest BCUT2D eigenvalue weighted by Crippen LogP contribution is 2.47. The van der Waals surface area contributed by atoms with Crippen LogP contribution < -0.4 is 5.32 Å². The molecule has 4 fully saturated rings. The topological polar surface area (TPSA) is 36.9 Å². The van der Waals surface area contributed by atoms with Crippen LogP contribution in [-0.2, 0) is 4.74 Å². The van der Waals surface area contributed by atoms with Crippen molar-refractivity contribution in [2.75, 3.05) is 26.7 Å². The summed E-state index contributed by atoms with van der Waals surface area (Å²) in [5, 5.41) is 3.58. The Labute approximate surface area is 115 Å². The highest BCUT2D eigenvalue weighted by molar-refractivity contribution is 5.80. The minimum atomic E-state index is 0.543. The molecule has 0 radical (unpaired) electrons. The fraction of sp³-hybridized carbons (Fsp3) is 0.933. The first-order chi connectivity index (χ1) is 9.26. The van der Waals surface area contributed by atoms with E-state index in [-0.39, 0.29) is 0 Å². The van der Waals surface area contributed by atoms with Gasteiger partial charge in [-0.25, -0.2) is 0 Å². The van der Waals surface area contributed by atoms with Crippen molar-refractivity contribution in [1.82, 2.24) is 10.2 Å². The van der Waals surface area contributed by atoms with Gasteiger partial charge < -0.3 is 15.0 Å². The molecule has 0 aromatic rings. The number of likely N-dealkylation sites (tertiary alicyclic amines) is 1. The van der Waals surface area contributed by atoms with Gasteiger partial charge in [-0.2, -0.15) is 0 Å². The van der Waals surface area contributed by atoms with Gasteiger partial charge in [0.1, 0.15) is 0 Å². The highest BCUT2D eigenvalue weighted by Gasteiger charge is 2.53. The fourth-order valence-electron chi connectivity index (χ4n) is 4.37. The predicted octanol–water partition coefficient (Wildman–Crippen LogP) is 1.33. The van der Waals surface area contributed by atoms with E-state index in [0.717, 1.165) is 49.3 Å². The average molecular weight is 263 g/mol. The maximum atomic E-state index is 6.04. The third kappa shape index (κ3) is 1.95. The number of hydrogen-bond acceptors (Lipinski definition) is 2. The van der Waals surface area contributed by atoms with Gasteiger partial charge >= 0.3 is 0 Å². The summed E-state index contributed by atoms with van der Waals surface area (Å²) in [5.74, 6) is 4.42. The maximum absolute atomic E-state index is 6.04. The van der Waals surface area contributed by atoms with Crippen LogP contribution in [0, 0.1) is 23.7 Å². The van der Waals surface area contributed by atoms with E-state index in [1.54, 1.807) is 0 Å². The Balaban J connectivity index is 1.37. The molecule has 4 nitrogen and oxygen atoms in total. The Bertz CT molecular complexity index is 379. The molecule has 0 aromatic heterocycles. The number of guanidine groups is 1. The van der Waals surface area contributed by atoms with Crippen molar-refractivity contribution < 1.29 is 4.74 Å². The van der Waals surface area contributed by atoms with Gasteiger partial charge in [-0.15, -0.1) is 0 Å². The van der Waals surface area contributed by atoms with Gasteiger partial charge in [0, 0.05) is 38.5 Å². The van der Waals surface area contributed by atoms with E-state index in [1.807, 2.05) is 7.05 Å². The Morgan fingerprint density at radius 3 is 2.42 bits per heavy atom. The van der Waals surface area contributed by atoms with Crippen molar-refractivity contribution in [3.05, 3.63) is 0 Å². The summed E-state index contributed by atoms with van der Waals surface area (Å²) < 4.78 is 6.04. The summed E-state index contributed by atoms with van der Waals surface area (Å²) in [6.45, 7) is 5.73. The summed E-state index contributed by atoms with van der Waals surface area (Å²) in [6, 6.07) is 0. The van der Waals surface area contributed by atoms with Crippen LogP contribution in [0.15, 0.2) is 4.99 Å². The van der Waals surface area contributed by atoms with Gasteiger partial charge in [0.25, 0.3) is 0 Å². The molecule has 1 aliphatic carbocycles. The lowest BCUT2D eigenvalue weighted by Crippen LogP contribution is -2.42. The van der Waals surface area contributed by atoms with Gasteiger partial charge in [0.15, 0.2) is 5.96 Å². The third-order valence-corrected chi connectivity index (χ3v) is 5.76. The second-order valence-corrected chi connectivity index (χ2v) is 6.92. The maximum Gasteiger partial charge on any atom is 0.193 e. The van der Waals surface area contributed by atoms with E-state index in [2.05, 4.69) is 22.1 Å². The van der Waals surface area contributed by atoms with E-state index in [0.29, 0.717) is 12.2 Å². The molecule has 1 saturated carbocycles.